The number of halogens is 3. The molecule has 0 aromatic carbocycles. The van der Waals surface area contributed by atoms with Crippen LogP contribution in [0.1, 0.15) is 5.56 Å². The number of anilines is 1. The number of rotatable bonds is 2. The molecule has 0 aliphatic heterocycles. The minimum atomic E-state index is -5.08. The Labute approximate surface area is 105 Å². The maximum atomic E-state index is 10.6. The summed E-state index contributed by atoms with van der Waals surface area (Å²) in [6.07, 6.45) is -1.07. The molecule has 1 aromatic heterocycles. The number of carbonyl (C=O) groups is 2. The van der Waals surface area contributed by atoms with Crippen LogP contribution in [0, 0.1) is 0 Å². The van der Waals surface area contributed by atoms with E-state index in [1.54, 1.807) is 12.1 Å². The standard InChI is InChI=1S/C8H8N2O2.C2HF3O2/c9-7-3-1-6(5-10-7)2-4-8(11)12;3-2(4,5)1(6)7/h1-5H,(H2,9,10)(H,11,12);(H,6,7). The molecule has 0 aliphatic rings. The largest absolute Gasteiger partial charge is 0.490 e. The third-order valence-corrected chi connectivity index (χ3v) is 1.47. The Balaban J connectivity index is 0.000000399. The van der Waals surface area contributed by atoms with Crippen LogP contribution in [-0.2, 0) is 9.59 Å². The van der Waals surface area contributed by atoms with E-state index in [9.17, 15) is 18.0 Å². The van der Waals surface area contributed by atoms with Gasteiger partial charge >= 0.3 is 18.1 Å². The number of nitrogens with zero attached hydrogens (tertiary/aromatic N) is 1. The van der Waals surface area contributed by atoms with Gasteiger partial charge in [-0.05, 0) is 23.8 Å². The number of alkyl halides is 3. The highest BCUT2D eigenvalue weighted by Crippen LogP contribution is 2.13. The highest BCUT2D eigenvalue weighted by atomic mass is 19.4. The second kappa shape index (κ2) is 6.99. The van der Waals surface area contributed by atoms with Gasteiger partial charge in [0.05, 0.1) is 0 Å². The quantitative estimate of drug-likeness (QED) is 0.704. The summed E-state index contributed by atoms with van der Waals surface area (Å²) < 4.78 is 31.7. The molecular weight excluding hydrogens is 269 g/mol. The maximum Gasteiger partial charge on any atom is 0.490 e. The van der Waals surface area contributed by atoms with Crippen LogP contribution in [0.4, 0.5) is 19.0 Å². The van der Waals surface area contributed by atoms with E-state index in [0.29, 0.717) is 11.4 Å². The van der Waals surface area contributed by atoms with Crippen molar-refractivity contribution in [3.8, 4) is 0 Å². The molecule has 6 nitrogen and oxygen atoms in total. The lowest BCUT2D eigenvalue weighted by Gasteiger charge is -1.93. The number of hydrogen-bond donors (Lipinski definition) is 3. The van der Waals surface area contributed by atoms with E-state index in [0.717, 1.165) is 6.08 Å². The van der Waals surface area contributed by atoms with Gasteiger partial charge in [0.15, 0.2) is 0 Å². The lowest BCUT2D eigenvalue weighted by atomic mass is 10.2. The van der Waals surface area contributed by atoms with Crippen molar-refractivity contribution >= 4 is 23.8 Å². The Morgan fingerprint density at radius 1 is 1.26 bits per heavy atom. The van der Waals surface area contributed by atoms with Crippen molar-refractivity contribution in [3.63, 3.8) is 0 Å². The molecule has 0 saturated heterocycles. The molecule has 104 valence electrons. The summed E-state index contributed by atoms with van der Waals surface area (Å²) in [5, 5.41) is 15.4. The minimum absolute atomic E-state index is 0.419. The number of aromatic nitrogens is 1. The average molecular weight is 278 g/mol. The molecule has 0 aliphatic carbocycles. The third kappa shape index (κ3) is 8.18. The zero-order valence-electron chi connectivity index (χ0n) is 9.26. The number of nitrogens with two attached hydrogens (primary N) is 1. The molecule has 0 bridgehead atoms. The van der Waals surface area contributed by atoms with E-state index < -0.39 is 18.1 Å². The van der Waals surface area contributed by atoms with Gasteiger partial charge in [-0.25, -0.2) is 14.6 Å². The van der Waals surface area contributed by atoms with Crippen molar-refractivity contribution in [2.75, 3.05) is 5.73 Å². The van der Waals surface area contributed by atoms with Crippen LogP contribution < -0.4 is 5.73 Å². The molecule has 1 aromatic rings. The van der Waals surface area contributed by atoms with Crippen molar-refractivity contribution in [1.29, 1.82) is 0 Å². The van der Waals surface area contributed by atoms with Crippen LogP contribution in [-0.4, -0.2) is 33.3 Å². The predicted octanol–water partition coefficient (Wildman–Crippen LogP) is 1.39. The highest BCUT2D eigenvalue weighted by Gasteiger charge is 2.38. The summed E-state index contributed by atoms with van der Waals surface area (Å²) in [7, 11) is 0. The van der Waals surface area contributed by atoms with E-state index >= 15 is 0 Å². The fourth-order valence-electron chi connectivity index (χ4n) is 0.683. The molecule has 0 amide bonds. The smallest absolute Gasteiger partial charge is 0.478 e. The lowest BCUT2D eigenvalue weighted by molar-refractivity contribution is -0.192. The molecule has 0 atom stereocenters. The van der Waals surface area contributed by atoms with Crippen LogP contribution in [0.15, 0.2) is 24.4 Å². The lowest BCUT2D eigenvalue weighted by Crippen LogP contribution is -2.21. The van der Waals surface area contributed by atoms with Gasteiger partial charge < -0.3 is 15.9 Å². The molecule has 19 heavy (non-hydrogen) atoms. The maximum absolute atomic E-state index is 10.6. The molecule has 0 radical (unpaired) electrons. The fourth-order valence-corrected chi connectivity index (χ4v) is 0.683. The van der Waals surface area contributed by atoms with E-state index in [2.05, 4.69) is 4.98 Å². The van der Waals surface area contributed by atoms with Gasteiger partial charge in [-0.15, -0.1) is 0 Å². The normalized spacial score (nSPS) is 10.7. The molecule has 0 fully saturated rings. The summed E-state index contributed by atoms with van der Waals surface area (Å²) in [4.78, 5) is 22.8. The Morgan fingerprint density at radius 3 is 2.11 bits per heavy atom. The van der Waals surface area contributed by atoms with E-state index in [1.807, 2.05) is 0 Å². The summed E-state index contributed by atoms with van der Waals surface area (Å²) in [5.74, 6) is -3.32. The van der Waals surface area contributed by atoms with Crippen molar-refractivity contribution in [1.82, 2.24) is 4.98 Å². The molecule has 0 unspecified atom stereocenters. The number of hydrogen-bond acceptors (Lipinski definition) is 4. The van der Waals surface area contributed by atoms with E-state index in [4.69, 9.17) is 20.7 Å². The zero-order valence-corrected chi connectivity index (χ0v) is 9.26. The topological polar surface area (TPSA) is 114 Å². The highest BCUT2D eigenvalue weighted by molar-refractivity contribution is 5.85. The predicted molar refractivity (Wildman–Crippen MR) is 59.0 cm³/mol. The summed E-state index contributed by atoms with van der Waals surface area (Å²) in [5.41, 5.74) is 6.05. The fraction of sp³-hybridized carbons (Fsp3) is 0.100. The number of pyridine rings is 1. The minimum Gasteiger partial charge on any atom is -0.478 e. The van der Waals surface area contributed by atoms with E-state index in [1.165, 1.54) is 12.3 Å². The molecule has 9 heteroatoms. The summed E-state index contributed by atoms with van der Waals surface area (Å²) >= 11 is 0. The Morgan fingerprint density at radius 2 is 1.79 bits per heavy atom. The van der Waals surface area contributed by atoms with Gasteiger partial charge in [-0.3, -0.25) is 0 Å². The second-order valence-electron chi connectivity index (χ2n) is 2.99. The first-order chi connectivity index (χ1) is 8.62. The van der Waals surface area contributed by atoms with Crippen molar-refractivity contribution in [2.45, 2.75) is 6.18 Å². The SMILES string of the molecule is Nc1ccc(C=CC(=O)O)cn1.O=C(O)C(F)(F)F. The number of carboxylic acids is 2. The molecule has 0 spiro atoms. The number of aliphatic carboxylic acids is 2. The van der Waals surface area contributed by atoms with Crippen molar-refractivity contribution in [2.24, 2.45) is 0 Å². The Hall–Kier alpha value is -2.58. The van der Waals surface area contributed by atoms with E-state index in [-0.39, 0.29) is 0 Å². The Bertz CT molecular complexity index is 469. The second-order valence-corrected chi connectivity index (χ2v) is 2.99. The summed E-state index contributed by atoms with van der Waals surface area (Å²) in [6.45, 7) is 0. The first-order valence-corrected chi connectivity index (χ1v) is 4.55. The van der Waals surface area contributed by atoms with Crippen molar-refractivity contribution < 1.29 is 33.0 Å². The first-order valence-electron chi connectivity index (χ1n) is 4.55. The number of carboxylic acid groups (broad SMARTS) is 2. The molecule has 1 heterocycles. The van der Waals surface area contributed by atoms with Crippen LogP contribution in [0.5, 0.6) is 0 Å². The van der Waals surface area contributed by atoms with Gasteiger partial charge in [0.2, 0.25) is 0 Å². The Kier molecular flexibility index (Phi) is 6.04. The van der Waals surface area contributed by atoms with Crippen LogP contribution in [0.2, 0.25) is 0 Å². The monoisotopic (exact) mass is 278 g/mol. The van der Waals surface area contributed by atoms with Gasteiger partial charge in [0, 0.05) is 12.3 Å². The van der Waals surface area contributed by atoms with Crippen molar-refractivity contribution in [3.05, 3.63) is 30.0 Å². The van der Waals surface area contributed by atoms with Gasteiger partial charge in [-0.1, -0.05) is 0 Å². The average Bonchev–Trinajstić information content (AvgIpc) is 2.27. The summed E-state index contributed by atoms with van der Waals surface area (Å²) in [6, 6.07) is 3.31. The number of nitrogen functional groups attached to an aromatic ring is 1. The van der Waals surface area contributed by atoms with Gasteiger partial charge in [-0.2, -0.15) is 13.2 Å². The molecular formula is C10H9F3N2O4. The van der Waals surface area contributed by atoms with Crippen LogP contribution in [0.25, 0.3) is 6.08 Å². The third-order valence-electron chi connectivity index (χ3n) is 1.47. The molecule has 0 saturated carbocycles. The van der Waals surface area contributed by atoms with Crippen LogP contribution >= 0.6 is 0 Å². The molecule has 4 N–H and O–H groups in total. The first kappa shape index (κ1) is 16.4. The molecule has 1 rings (SSSR count). The van der Waals surface area contributed by atoms with Crippen LogP contribution in [0.3, 0.4) is 0 Å². The zero-order chi connectivity index (χ0) is 15.1. The van der Waals surface area contributed by atoms with Gasteiger partial charge in [0.25, 0.3) is 0 Å². The van der Waals surface area contributed by atoms with Gasteiger partial charge in [0.1, 0.15) is 5.82 Å².